The molecular formula is C19H38N2. The molecule has 0 aromatic carbocycles. The quantitative estimate of drug-likeness (QED) is 0.691. The Hall–Kier alpha value is -0.0800. The third-order valence-corrected chi connectivity index (χ3v) is 5.81. The lowest BCUT2D eigenvalue weighted by atomic mass is 9.83. The molecule has 0 aliphatic heterocycles. The standard InChI is InChI=1S/C19H38N2/c1-3-15-20-19(17-11-7-6-8-12-17)16-21(2)18-13-9-4-5-10-14-18/h17-20H,3-16H2,1-2H3. The summed E-state index contributed by atoms with van der Waals surface area (Å²) < 4.78 is 0. The van der Waals surface area contributed by atoms with Crippen LogP contribution in [0.25, 0.3) is 0 Å². The van der Waals surface area contributed by atoms with Gasteiger partial charge in [0.1, 0.15) is 0 Å². The number of hydrogen-bond acceptors (Lipinski definition) is 2. The summed E-state index contributed by atoms with van der Waals surface area (Å²) in [7, 11) is 2.39. The third kappa shape index (κ3) is 5.90. The number of nitrogens with one attached hydrogen (secondary N) is 1. The van der Waals surface area contributed by atoms with E-state index in [0.717, 1.165) is 18.0 Å². The van der Waals surface area contributed by atoms with Crippen molar-refractivity contribution < 1.29 is 0 Å². The predicted molar refractivity (Wildman–Crippen MR) is 92.8 cm³/mol. The lowest BCUT2D eigenvalue weighted by Gasteiger charge is -2.36. The minimum atomic E-state index is 0.735. The molecule has 2 nitrogen and oxygen atoms in total. The average molecular weight is 295 g/mol. The van der Waals surface area contributed by atoms with Gasteiger partial charge in [-0.25, -0.2) is 0 Å². The second-order valence-corrected chi connectivity index (χ2v) is 7.54. The summed E-state index contributed by atoms with van der Waals surface area (Å²) in [5, 5.41) is 3.88. The minimum Gasteiger partial charge on any atom is -0.312 e. The van der Waals surface area contributed by atoms with Gasteiger partial charge < -0.3 is 10.2 Å². The van der Waals surface area contributed by atoms with E-state index in [1.54, 1.807) is 0 Å². The van der Waals surface area contributed by atoms with Gasteiger partial charge in [-0.3, -0.25) is 0 Å². The molecule has 0 saturated heterocycles. The van der Waals surface area contributed by atoms with Crippen molar-refractivity contribution in [1.82, 2.24) is 10.2 Å². The summed E-state index contributed by atoms with van der Waals surface area (Å²) in [5.74, 6) is 0.929. The van der Waals surface area contributed by atoms with Crippen LogP contribution in [0.3, 0.4) is 0 Å². The van der Waals surface area contributed by atoms with Gasteiger partial charge in [0.2, 0.25) is 0 Å². The summed E-state index contributed by atoms with van der Waals surface area (Å²) in [6, 6.07) is 1.58. The molecule has 0 aromatic rings. The molecule has 21 heavy (non-hydrogen) atoms. The number of likely N-dealkylation sites (N-methyl/N-ethyl adjacent to an activating group) is 1. The lowest BCUT2D eigenvalue weighted by Crippen LogP contribution is -2.48. The molecule has 2 aliphatic carbocycles. The molecule has 2 rings (SSSR count). The van der Waals surface area contributed by atoms with Crippen LogP contribution in [-0.2, 0) is 0 Å². The summed E-state index contributed by atoms with van der Waals surface area (Å²) in [5.41, 5.74) is 0. The Balaban J connectivity index is 1.86. The van der Waals surface area contributed by atoms with Crippen LogP contribution in [0.1, 0.15) is 84.0 Å². The molecule has 2 saturated carbocycles. The number of rotatable bonds is 7. The highest BCUT2D eigenvalue weighted by atomic mass is 15.2. The zero-order chi connectivity index (χ0) is 14.9. The summed E-state index contributed by atoms with van der Waals surface area (Å²) in [4.78, 5) is 2.70. The van der Waals surface area contributed by atoms with Gasteiger partial charge >= 0.3 is 0 Å². The largest absolute Gasteiger partial charge is 0.312 e. The van der Waals surface area contributed by atoms with Crippen LogP contribution in [0.15, 0.2) is 0 Å². The van der Waals surface area contributed by atoms with Crippen LogP contribution in [0.2, 0.25) is 0 Å². The molecule has 124 valence electrons. The van der Waals surface area contributed by atoms with Crippen LogP contribution in [0.5, 0.6) is 0 Å². The fraction of sp³-hybridized carbons (Fsp3) is 1.00. The second-order valence-electron chi connectivity index (χ2n) is 7.54. The molecule has 2 fully saturated rings. The molecule has 0 amide bonds. The maximum absolute atomic E-state index is 3.88. The van der Waals surface area contributed by atoms with E-state index in [1.165, 1.54) is 90.1 Å². The smallest absolute Gasteiger partial charge is 0.0223 e. The average Bonchev–Trinajstić information content (AvgIpc) is 2.81. The van der Waals surface area contributed by atoms with Gasteiger partial charge in [-0.1, -0.05) is 51.9 Å². The van der Waals surface area contributed by atoms with E-state index in [4.69, 9.17) is 0 Å². The Morgan fingerprint density at radius 2 is 1.48 bits per heavy atom. The van der Waals surface area contributed by atoms with Crippen LogP contribution in [0, 0.1) is 5.92 Å². The van der Waals surface area contributed by atoms with Crippen molar-refractivity contribution >= 4 is 0 Å². The Morgan fingerprint density at radius 3 is 2.10 bits per heavy atom. The minimum absolute atomic E-state index is 0.735. The van der Waals surface area contributed by atoms with E-state index in [0.29, 0.717) is 0 Å². The van der Waals surface area contributed by atoms with Crippen LogP contribution < -0.4 is 5.32 Å². The Bertz CT molecular complexity index is 252. The lowest BCUT2D eigenvalue weighted by molar-refractivity contribution is 0.159. The normalized spacial score (nSPS) is 24.1. The van der Waals surface area contributed by atoms with E-state index >= 15 is 0 Å². The molecule has 0 radical (unpaired) electrons. The van der Waals surface area contributed by atoms with Crippen molar-refractivity contribution in [3.8, 4) is 0 Å². The molecule has 0 bridgehead atoms. The van der Waals surface area contributed by atoms with Crippen molar-refractivity contribution in [2.24, 2.45) is 5.92 Å². The zero-order valence-electron chi connectivity index (χ0n) is 14.6. The van der Waals surface area contributed by atoms with Crippen LogP contribution in [-0.4, -0.2) is 37.1 Å². The van der Waals surface area contributed by atoms with Crippen LogP contribution >= 0.6 is 0 Å². The molecular weight excluding hydrogens is 256 g/mol. The van der Waals surface area contributed by atoms with Gasteiger partial charge in [0.25, 0.3) is 0 Å². The van der Waals surface area contributed by atoms with Gasteiger partial charge in [-0.15, -0.1) is 0 Å². The van der Waals surface area contributed by atoms with Crippen molar-refractivity contribution in [3.63, 3.8) is 0 Å². The molecule has 0 spiro atoms. The van der Waals surface area contributed by atoms with E-state index in [1.807, 2.05) is 0 Å². The summed E-state index contributed by atoms with van der Waals surface area (Å²) in [6.45, 7) is 4.76. The Kier molecular flexibility index (Phi) is 8.10. The first-order valence-electron chi connectivity index (χ1n) is 9.75. The van der Waals surface area contributed by atoms with Crippen molar-refractivity contribution in [3.05, 3.63) is 0 Å². The van der Waals surface area contributed by atoms with Gasteiger partial charge in [0.05, 0.1) is 0 Å². The molecule has 2 aliphatic rings. The highest BCUT2D eigenvalue weighted by Gasteiger charge is 2.26. The zero-order valence-corrected chi connectivity index (χ0v) is 14.6. The van der Waals surface area contributed by atoms with Gasteiger partial charge in [-0.05, 0) is 51.6 Å². The third-order valence-electron chi connectivity index (χ3n) is 5.81. The topological polar surface area (TPSA) is 15.3 Å². The number of nitrogens with zero attached hydrogens (tertiary/aromatic N) is 1. The highest BCUT2D eigenvalue weighted by Crippen LogP contribution is 2.28. The van der Waals surface area contributed by atoms with Crippen molar-refractivity contribution in [2.75, 3.05) is 20.1 Å². The molecule has 1 N–H and O–H groups in total. The summed E-state index contributed by atoms with van der Waals surface area (Å²) >= 11 is 0. The highest BCUT2D eigenvalue weighted by molar-refractivity contribution is 4.84. The molecule has 1 unspecified atom stereocenters. The SMILES string of the molecule is CCCNC(CN(C)C1CCCCCC1)C1CCCCC1. The van der Waals surface area contributed by atoms with Gasteiger partial charge in [-0.2, -0.15) is 0 Å². The molecule has 0 aromatic heterocycles. The van der Waals surface area contributed by atoms with Gasteiger partial charge in [0.15, 0.2) is 0 Å². The maximum Gasteiger partial charge on any atom is 0.0223 e. The molecule has 2 heteroatoms. The molecule has 0 heterocycles. The monoisotopic (exact) mass is 294 g/mol. The second kappa shape index (κ2) is 9.84. The fourth-order valence-electron chi connectivity index (χ4n) is 4.40. The summed E-state index contributed by atoms with van der Waals surface area (Å²) in [6.07, 6.45) is 17.3. The van der Waals surface area contributed by atoms with Crippen LogP contribution in [0.4, 0.5) is 0 Å². The van der Waals surface area contributed by atoms with Crippen molar-refractivity contribution in [1.29, 1.82) is 0 Å². The van der Waals surface area contributed by atoms with E-state index < -0.39 is 0 Å². The predicted octanol–water partition coefficient (Wildman–Crippen LogP) is 4.59. The van der Waals surface area contributed by atoms with E-state index in [9.17, 15) is 0 Å². The Morgan fingerprint density at radius 1 is 0.905 bits per heavy atom. The molecule has 1 atom stereocenters. The van der Waals surface area contributed by atoms with Gasteiger partial charge in [0, 0.05) is 18.6 Å². The maximum atomic E-state index is 3.88. The van der Waals surface area contributed by atoms with E-state index in [-0.39, 0.29) is 0 Å². The number of hydrogen-bond donors (Lipinski definition) is 1. The fourth-order valence-corrected chi connectivity index (χ4v) is 4.40. The first kappa shape index (κ1) is 17.3. The Labute approximate surface area is 133 Å². The van der Waals surface area contributed by atoms with Crippen molar-refractivity contribution in [2.45, 2.75) is 96.1 Å². The first-order chi connectivity index (χ1) is 10.3. The first-order valence-corrected chi connectivity index (χ1v) is 9.75. The van der Waals surface area contributed by atoms with E-state index in [2.05, 4.69) is 24.2 Å².